The maximum absolute atomic E-state index is 14.7. The Labute approximate surface area is 167 Å². The standard InChI is InChI=1S/C19H24FN5O4/c1-4-29-19(28)13-10-21-17-12(16(13)27)9-14(20)18(22-17)25-7-5-24(6-8-25)15(26)11-23(2)3/h9-10H,4-8,11H2,1-3H3,(H,21,22,27). The Balaban J connectivity index is 1.82. The first kappa shape index (κ1) is 20.7. The van der Waals surface area contributed by atoms with Gasteiger partial charge in [0.25, 0.3) is 0 Å². The Morgan fingerprint density at radius 3 is 2.59 bits per heavy atom. The van der Waals surface area contributed by atoms with Crippen LogP contribution >= 0.6 is 0 Å². The molecule has 2 aromatic rings. The number of piperazine rings is 1. The Bertz CT molecular complexity index is 982. The monoisotopic (exact) mass is 405 g/mol. The smallest absolute Gasteiger partial charge is 0.343 e. The minimum Gasteiger partial charge on any atom is -0.462 e. The van der Waals surface area contributed by atoms with Crippen LogP contribution < -0.4 is 10.3 Å². The molecule has 156 valence electrons. The molecule has 1 amide bonds. The normalized spacial score (nSPS) is 14.5. The number of anilines is 1. The number of nitrogens with one attached hydrogen (secondary N) is 1. The van der Waals surface area contributed by atoms with Crippen LogP contribution in [0.25, 0.3) is 11.0 Å². The number of carbonyl (C=O) groups is 2. The van der Waals surface area contributed by atoms with Gasteiger partial charge in [0, 0.05) is 32.4 Å². The van der Waals surface area contributed by atoms with Crippen LogP contribution in [-0.2, 0) is 9.53 Å². The molecule has 2 aromatic heterocycles. The van der Waals surface area contributed by atoms with Gasteiger partial charge < -0.3 is 24.4 Å². The predicted molar refractivity (Wildman–Crippen MR) is 106 cm³/mol. The lowest BCUT2D eigenvalue weighted by molar-refractivity contribution is -0.132. The van der Waals surface area contributed by atoms with Gasteiger partial charge >= 0.3 is 5.97 Å². The number of aromatic amines is 1. The summed E-state index contributed by atoms with van der Waals surface area (Å²) in [6, 6.07) is 1.09. The van der Waals surface area contributed by atoms with Crippen LogP contribution in [0.3, 0.4) is 0 Å². The van der Waals surface area contributed by atoms with Crippen molar-refractivity contribution < 1.29 is 18.7 Å². The summed E-state index contributed by atoms with van der Waals surface area (Å²) in [7, 11) is 3.66. The number of H-pyrrole nitrogens is 1. The van der Waals surface area contributed by atoms with E-state index < -0.39 is 17.2 Å². The fourth-order valence-electron chi connectivity index (χ4n) is 3.23. The molecule has 1 N–H and O–H groups in total. The molecule has 3 heterocycles. The van der Waals surface area contributed by atoms with E-state index in [-0.39, 0.29) is 34.9 Å². The highest BCUT2D eigenvalue weighted by Crippen LogP contribution is 2.21. The molecule has 1 saturated heterocycles. The lowest BCUT2D eigenvalue weighted by Gasteiger charge is -2.36. The number of amides is 1. The molecule has 1 aliphatic rings. The number of esters is 1. The number of fused-ring (bicyclic) bond motifs is 1. The highest BCUT2D eigenvalue weighted by atomic mass is 19.1. The quantitative estimate of drug-likeness (QED) is 0.721. The van der Waals surface area contributed by atoms with E-state index in [0.717, 1.165) is 6.07 Å². The summed E-state index contributed by atoms with van der Waals surface area (Å²) >= 11 is 0. The topological polar surface area (TPSA) is 98.8 Å². The summed E-state index contributed by atoms with van der Waals surface area (Å²) in [5.41, 5.74) is -0.638. The molecule has 0 unspecified atom stereocenters. The van der Waals surface area contributed by atoms with Gasteiger partial charge in [-0.3, -0.25) is 9.59 Å². The van der Waals surface area contributed by atoms with Crippen LogP contribution in [0.1, 0.15) is 17.3 Å². The molecule has 10 heteroatoms. The summed E-state index contributed by atoms with van der Waals surface area (Å²) in [6.07, 6.45) is 1.23. The van der Waals surface area contributed by atoms with Crippen molar-refractivity contribution in [2.75, 3.05) is 58.3 Å². The number of hydrogen-bond donors (Lipinski definition) is 1. The van der Waals surface area contributed by atoms with Gasteiger partial charge in [-0.05, 0) is 27.1 Å². The number of aromatic nitrogens is 2. The van der Waals surface area contributed by atoms with Crippen LogP contribution in [0.2, 0.25) is 0 Å². The Kier molecular flexibility index (Phi) is 6.12. The number of carbonyl (C=O) groups excluding carboxylic acids is 2. The molecule has 0 aliphatic carbocycles. The second-order valence-electron chi connectivity index (χ2n) is 7.05. The summed E-state index contributed by atoms with van der Waals surface area (Å²) in [5, 5.41) is -0.0170. The first-order valence-electron chi connectivity index (χ1n) is 9.38. The predicted octanol–water partition coefficient (Wildman–Crippen LogP) is 0.449. The molecule has 1 fully saturated rings. The number of rotatable bonds is 5. The Morgan fingerprint density at radius 2 is 1.97 bits per heavy atom. The number of ether oxygens (including phenoxy) is 1. The third kappa shape index (κ3) is 4.37. The maximum atomic E-state index is 14.7. The second kappa shape index (κ2) is 8.56. The van der Waals surface area contributed by atoms with Crippen molar-refractivity contribution >= 4 is 28.7 Å². The molecule has 1 aliphatic heterocycles. The van der Waals surface area contributed by atoms with Gasteiger partial charge in [-0.1, -0.05) is 0 Å². The Hall–Kier alpha value is -3.01. The van der Waals surface area contributed by atoms with Crippen molar-refractivity contribution in [3.63, 3.8) is 0 Å². The van der Waals surface area contributed by atoms with Gasteiger partial charge in [0.2, 0.25) is 11.3 Å². The summed E-state index contributed by atoms with van der Waals surface area (Å²) in [6.45, 7) is 3.87. The highest BCUT2D eigenvalue weighted by molar-refractivity contribution is 5.93. The average Bonchev–Trinajstić information content (AvgIpc) is 2.68. The fourth-order valence-corrected chi connectivity index (χ4v) is 3.23. The Morgan fingerprint density at radius 1 is 1.28 bits per heavy atom. The van der Waals surface area contributed by atoms with E-state index in [1.165, 1.54) is 6.20 Å². The minimum atomic E-state index is -0.765. The SMILES string of the molecule is CCOC(=O)c1c[nH]c2nc(N3CCN(C(=O)CN(C)C)CC3)c(F)cc2c1=O. The highest BCUT2D eigenvalue weighted by Gasteiger charge is 2.25. The number of nitrogens with zero attached hydrogens (tertiary/aromatic N) is 4. The van der Waals surface area contributed by atoms with E-state index in [2.05, 4.69) is 9.97 Å². The maximum Gasteiger partial charge on any atom is 0.343 e. The van der Waals surface area contributed by atoms with E-state index in [9.17, 15) is 18.8 Å². The van der Waals surface area contributed by atoms with Gasteiger partial charge in [0.15, 0.2) is 11.6 Å². The summed E-state index contributed by atoms with van der Waals surface area (Å²) in [4.78, 5) is 48.8. The van der Waals surface area contributed by atoms with E-state index in [1.807, 2.05) is 14.1 Å². The molecule has 9 nitrogen and oxygen atoms in total. The molecule has 0 saturated carbocycles. The second-order valence-corrected chi connectivity index (χ2v) is 7.05. The number of halogens is 1. The fraction of sp³-hybridized carbons (Fsp3) is 0.474. The van der Waals surface area contributed by atoms with Gasteiger partial charge in [-0.2, -0.15) is 0 Å². The van der Waals surface area contributed by atoms with E-state index in [1.54, 1.807) is 21.6 Å². The van der Waals surface area contributed by atoms with Crippen molar-refractivity contribution in [1.82, 2.24) is 19.8 Å². The van der Waals surface area contributed by atoms with Crippen molar-refractivity contribution in [2.24, 2.45) is 0 Å². The lowest BCUT2D eigenvalue weighted by Crippen LogP contribution is -2.51. The van der Waals surface area contributed by atoms with Crippen molar-refractivity contribution in [3.05, 3.63) is 33.9 Å². The molecular weight excluding hydrogens is 381 g/mol. The zero-order chi connectivity index (χ0) is 21.1. The van der Waals surface area contributed by atoms with Gasteiger partial charge in [-0.25, -0.2) is 14.2 Å². The third-order valence-corrected chi connectivity index (χ3v) is 4.68. The average molecular weight is 405 g/mol. The van der Waals surface area contributed by atoms with Crippen LogP contribution in [0.15, 0.2) is 17.1 Å². The first-order chi connectivity index (χ1) is 13.8. The van der Waals surface area contributed by atoms with Crippen LogP contribution in [-0.4, -0.2) is 85.1 Å². The molecule has 0 aromatic carbocycles. The van der Waals surface area contributed by atoms with Crippen molar-refractivity contribution in [1.29, 1.82) is 0 Å². The third-order valence-electron chi connectivity index (χ3n) is 4.68. The van der Waals surface area contributed by atoms with Crippen LogP contribution in [0.4, 0.5) is 10.2 Å². The number of likely N-dealkylation sites (N-methyl/N-ethyl adjacent to an activating group) is 1. The molecule has 0 spiro atoms. The number of hydrogen-bond acceptors (Lipinski definition) is 7. The first-order valence-corrected chi connectivity index (χ1v) is 9.38. The van der Waals surface area contributed by atoms with Gasteiger partial charge in [0.05, 0.1) is 18.5 Å². The van der Waals surface area contributed by atoms with E-state index >= 15 is 0 Å². The molecule has 0 atom stereocenters. The van der Waals surface area contributed by atoms with Crippen molar-refractivity contribution in [2.45, 2.75) is 6.92 Å². The van der Waals surface area contributed by atoms with Crippen LogP contribution in [0, 0.1) is 5.82 Å². The lowest BCUT2D eigenvalue weighted by atomic mass is 10.2. The molecule has 0 radical (unpaired) electrons. The van der Waals surface area contributed by atoms with Crippen molar-refractivity contribution in [3.8, 4) is 0 Å². The van der Waals surface area contributed by atoms with E-state index in [4.69, 9.17) is 4.74 Å². The van der Waals surface area contributed by atoms with Gasteiger partial charge in [-0.15, -0.1) is 0 Å². The molecule has 3 rings (SSSR count). The van der Waals surface area contributed by atoms with Crippen LogP contribution in [0.5, 0.6) is 0 Å². The largest absolute Gasteiger partial charge is 0.462 e. The zero-order valence-corrected chi connectivity index (χ0v) is 16.7. The molecular formula is C19H24FN5O4. The minimum absolute atomic E-state index is 0.0170. The molecule has 29 heavy (non-hydrogen) atoms. The van der Waals surface area contributed by atoms with E-state index in [0.29, 0.717) is 32.7 Å². The summed E-state index contributed by atoms with van der Waals surface area (Å²) in [5.74, 6) is -1.29. The van der Waals surface area contributed by atoms with Gasteiger partial charge in [0.1, 0.15) is 11.2 Å². The zero-order valence-electron chi connectivity index (χ0n) is 16.7. The molecule has 0 bridgehead atoms. The summed E-state index contributed by atoms with van der Waals surface area (Å²) < 4.78 is 19.6. The number of pyridine rings is 2.